The molecule has 1 aromatic rings. The van der Waals surface area contributed by atoms with E-state index in [4.69, 9.17) is 0 Å². The van der Waals surface area contributed by atoms with E-state index in [-0.39, 0.29) is 24.4 Å². The van der Waals surface area contributed by atoms with Crippen molar-refractivity contribution in [1.82, 2.24) is 19.8 Å². The number of nitrogens with one attached hydrogen (secondary N) is 1. The minimum atomic E-state index is -0.0720. The van der Waals surface area contributed by atoms with E-state index in [2.05, 4.69) is 10.3 Å². The van der Waals surface area contributed by atoms with Gasteiger partial charge in [0.2, 0.25) is 11.8 Å². The van der Waals surface area contributed by atoms with Gasteiger partial charge in [0, 0.05) is 31.9 Å². The van der Waals surface area contributed by atoms with Crippen LogP contribution in [-0.2, 0) is 16.1 Å². The molecule has 1 fully saturated rings. The number of carbonyl (C=O) groups excluding carboxylic acids is 2. The molecule has 1 saturated heterocycles. The largest absolute Gasteiger partial charge is 0.350 e. The first-order valence-electron chi connectivity index (χ1n) is 6.65. The molecule has 1 atom stereocenters. The van der Waals surface area contributed by atoms with Crippen molar-refractivity contribution in [2.75, 3.05) is 13.1 Å². The average Bonchev–Trinajstić information content (AvgIpc) is 2.88. The smallest absolute Gasteiger partial charge is 0.240 e. The molecule has 0 spiro atoms. The van der Waals surface area contributed by atoms with Crippen molar-refractivity contribution in [1.29, 1.82) is 0 Å². The maximum absolute atomic E-state index is 11.9. The fourth-order valence-corrected chi connectivity index (χ4v) is 2.35. The van der Waals surface area contributed by atoms with Crippen molar-refractivity contribution in [3.63, 3.8) is 0 Å². The van der Waals surface area contributed by atoms with Crippen molar-refractivity contribution >= 4 is 11.8 Å². The van der Waals surface area contributed by atoms with Gasteiger partial charge < -0.3 is 14.8 Å². The zero-order chi connectivity index (χ0) is 13.8. The maximum atomic E-state index is 11.9. The molecule has 19 heavy (non-hydrogen) atoms. The number of hydrogen-bond donors (Lipinski definition) is 1. The number of nitrogens with zero attached hydrogens (tertiary/aromatic N) is 3. The van der Waals surface area contributed by atoms with Crippen LogP contribution in [-0.4, -0.2) is 45.4 Å². The third-order valence-electron chi connectivity index (χ3n) is 3.31. The number of rotatable bonds is 5. The van der Waals surface area contributed by atoms with Gasteiger partial charge in [0.1, 0.15) is 12.4 Å². The molecular weight excluding hydrogens is 244 g/mol. The van der Waals surface area contributed by atoms with Crippen molar-refractivity contribution in [3.8, 4) is 0 Å². The highest BCUT2D eigenvalue weighted by Crippen LogP contribution is 2.11. The highest BCUT2D eigenvalue weighted by Gasteiger charge is 2.29. The second-order valence-corrected chi connectivity index (χ2v) is 4.91. The zero-order valence-electron chi connectivity index (χ0n) is 11.4. The standard InChI is InChI=1S/C13H20N4O2/c1-3-5-17-8-11(7-13(17)19)15-12(18)9-16-6-4-14-10(16)2/h4,6,11H,3,5,7-9H2,1-2H3,(H,15,18). The third kappa shape index (κ3) is 3.33. The van der Waals surface area contributed by atoms with Crippen molar-refractivity contribution in [2.45, 2.75) is 39.3 Å². The predicted molar refractivity (Wildman–Crippen MR) is 70.4 cm³/mol. The van der Waals surface area contributed by atoms with Crippen LogP contribution in [0.2, 0.25) is 0 Å². The quantitative estimate of drug-likeness (QED) is 0.832. The van der Waals surface area contributed by atoms with Crippen LogP contribution in [0, 0.1) is 6.92 Å². The summed E-state index contributed by atoms with van der Waals surface area (Å²) >= 11 is 0. The molecule has 2 heterocycles. The summed E-state index contributed by atoms with van der Waals surface area (Å²) in [6.07, 6.45) is 4.80. The Labute approximate surface area is 112 Å². The second-order valence-electron chi connectivity index (χ2n) is 4.91. The Morgan fingerprint density at radius 2 is 2.37 bits per heavy atom. The van der Waals surface area contributed by atoms with Gasteiger partial charge in [-0.25, -0.2) is 4.98 Å². The first-order valence-corrected chi connectivity index (χ1v) is 6.65. The highest BCUT2D eigenvalue weighted by molar-refractivity contribution is 5.82. The number of aromatic nitrogens is 2. The van der Waals surface area contributed by atoms with Crippen LogP contribution >= 0.6 is 0 Å². The van der Waals surface area contributed by atoms with E-state index in [1.807, 2.05) is 18.7 Å². The van der Waals surface area contributed by atoms with Crippen LogP contribution in [0.25, 0.3) is 0 Å². The molecule has 2 rings (SSSR count). The summed E-state index contributed by atoms with van der Waals surface area (Å²) in [7, 11) is 0. The molecule has 0 radical (unpaired) electrons. The Kier molecular flexibility index (Phi) is 4.19. The molecule has 0 aliphatic carbocycles. The van der Waals surface area contributed by atoms with Gasteiger partial charge in [-0.15, -0.1) is 0 Å². The number of aryl methyl sites for hydroxylation is 1. The van der Waals surface area contributed by atoms with E-state index in [9.17, 15) is 9.59 Å². The first kappa shape index (κ1) is 13.6. The van der Waals surface area contributed by atoms with Crippen LogP contribution in [0.1, 0.15) is 25.6 Å². The van der Waals surface area contributed by atoms with E-state index < -0.39 is 0 Å². The highest BCUT2D eigenvalue weighted by atomic mass is 16.2. The van der Waals surface area contributed by atoms with Gasteiger partial charge in [0.05, 0.1) is 6.04 Å². The summed E-state index contributed by atoms with van der Waals surface area (Å²) in [6, 6.07) is -0.0598. The average molecular weight is 264 g/mol. The molecule has 1 aromatic heterocycles. The van der Waals surface area contributed by atoms with E-state index >= 15 is 0 Å². The molecule has 0 saturated carbocycles. The number of imidazole rings is 1. The molecule has 0 bridgehead atoms. The number of carbonyl (C=O) groups is 2. The van der Waals surface area contributed by atoms with E-state index in [1.54, 1.807) is 17.0 Å². The molecule has 1 unspecified atom stereocenters. The van der Waals surface area contributed by atoms with Crippen LogP contribution in [0.15, 0.2) is 12.4 Å². The van der Waals surface area contributed by atoms with Crippen molar-refractivity contribution in [2.24, 2.45) is 0 Å². The Bertz CT molecular complexity index is 469. The van der Waals surface area contributed by atoms with Crippen LogP contribution < -0.4 is 5.32 Å². The molecule has 2 amide bonds. The summed E-state index contributed by atoms with van der Waals surface area (Å²) in [6.45, 7) is 5.55. The van der Waals surface area contributed by atoms with Gasteiger partial charge in [-0.3, -0.25) is 9.59 Å². The number of likely N-dealkylation sites (tertiary alicyclic amines) is 1. The van der Waals surface area contributed by atoms with Gasteiger partial charge in [0.25, 0.3) is 0 Å². The molecule has 104 valence electrons. The van der Waals surface area contributed by atoms with Crippen LogP contribution in [0.3, 0.4) is 0 Å². The summed E-state index contributed by atoms with van der Waals surface area (Å²) in [4.78, 5) is 29.5. The molecule has 6 heteroatoms. The van der Waals surface area contributed by atoms with Crippen molar-refractivity contribution in [3.05, 3.63) is 18.2 Å². The maximum Gasteiger partial charge on any atom is 0.240 e. The normalized spacial score (nSPS) is 18.9. The summed E-state index contributed by atoms with van der Waals surface area (Å²) < 4.78 is 1.79. The van der Waals surface area contributed by atoms with Gasteiger partial charge in [-0.05, 0) is 13.3 Å². The molecule has 0 aromatic carbocycles. The Morgan fingerprint density at radius 1 is 1.58 bits per heavy atom. The van der Waals surface area contributed by atoms with E-state index in [0.717, 1.165) is 18.8 Å². The van der Waals surface area contributed by atoms with E-state index in [0.29, 0.717) is 13.0 Å². The lowest BCUT2D eigenvalue weighted by molar-refractivity contribution is -0.127. The SMILES string of the molecule is CCCN1CC(NC(=O)Cn2ccnc2C)CC1=O. The minimum Gasteiger partial charge on any atom is -0.350 e. The molecular formula is C13H20N4O2. The van der Waals surface area contributed by atoms with Crippen LogP contribution in [0.4, 0.5) is 0 Å². The predicted octanol–water partition coefficient (Wildman–Crippen LogP) is 0.319. The van der Waals surface area contributed by atoms with E-state index in [1.165, 1.54) is 0 Å². The summed E-state index contributed by atoms with van der Waals surface area (Å²) in [5, 5.41) is 2.91. The van der Waals surface area contributed by atoms with Gasteiger partial charge >= 0.3 is 0 Å². The molecule has 1 aliphatic heterocycles. The lowest BCUT2D eigenvalue weighted by Crippen LogP contribution is -2.39. The number of hydrogen-bond acceptors (Lipinski definition) is 3. The minimum absolute atomic E-state index is 0.0598. The molecule has 1 aliphatic rings. The molecule has 6 nitrogen and oxygen atoms in total. The van der Waals surface area contributed by atoms with Gasteiger partial charge in [-0.1, -0.05) is 6.92 Å². The summed E-state index contributed by atoms with van der Waals surface area (Å²) in [5.41, 5.74) is 0. The lowest BCUT2D eigenvalue weighted by Gasteiger charge is -2.16. The first-order chi connectivity index (χ1) is 9.10. The summed E-state index contributed by atoms with van der Waals surface area (Å²) in [5.74, 6) is 0.869. The topological polar surface area (TPSA) is 67.2 Å². The van der Waals surface area contributed by atoms with Crippen molar-refractivity contribution < 1.29 is 9.59 Å². The Morgan fingerprint density at radius 3 is 3.00 bits per heavy atom. The fourth-order valence-electron chi connectivity index (χ4n) is 2.35. The van der Waals surface area contributed by atoms with Gasteiger partial charge in [0.15, 0.2) is 0 Å². The third-order valence-corrected chi connectivity index (χ3v) is 3.31. The zero-order valence-corrected chi connectivity index (χ0v) is 11.4. The van der Waals surface area contributed by atoms with Crippen LogP contribution in [0.5, 0.6) is 0 Å². The Hall–Kier alpha value is -1.85. The lowest BCUT2D eigenvalue weighted by atomic mass is 10.2. The Balaban J connectivity index is 1.84. The second kappa shape index (κ2) is 5.86. The monoisotopic (exact) mass is 264 g/mol. The van der Waals surface area contributed by atoms with Gasteiger partial charge in [-0.2, -0.15) is 0 Å². The molecule has 1 N–H and O–H groups in total. The fraction of sp³-hybridized carbons (Fsp3) is 0.615. The number of amides is 2.